The second-order valence-corrected chi connectivity index (χ2v) is 4.96. The molecule has 0 bridgehead atoms. The fourth-order valence-electron chi connectivity index (χ4n) is 2.35. The summed E-state index contributed by atoms with van der Waals surface area (Å²) in [6, 6.07) is 0.757. The van der Waals surface area contributed by atoms with Crippen LogP contribution in [0.2, 0.25) is 0 Å². The lowest BCUT2D eigenvalue weighted by Gasteiger charge is -2.19. The molecule has 4 heteroatoms. The Balaban J connectivity index is 2.12. The molecule has 0 aromatic carbocycles. The summed E-state index contributed by atoms with van der Waals surface area (Å²) >= 11 is 0. The van der Waals surface area contributed by atoms with E-state index in [9.17, 15) is 4.79 Å². The predicted molar refractivity (Wildman–Crippen MR) is 66.1 cm³/mol. The van der Waals surface area contributed by atoms with Crippen molar-refractivity contribution in [3.63, 3.8) is 0 Å². The van der Waals surface area contributed by atoms with E-state index in [0.29, 0.717) is 18.4 Å². The van der Waals surface area contributed by atoms with Gasteiger partial charge < -0.3 is 16.4 Å². The molecule has 0 heterocycles. The maximum Gasteiger partial charge on any atom is 0.221 e. The van der Waals surface area contributed by atoms with Gasteiger partial charge in [0, 0.05) is 25.0 Å². The largest absolute Gasteiger partial charge is 0.354 e. The first-order valence-electron chi connectivity index (χ1n) is 6.36. The molecule has 1 aliphatic carbocycles. The molecule has 94 valence electrons. The zero-order valence-corrected chi connectivity index (χ0v) is 10.5. The number of carbonyl (C=O) groups is 1. The summed E-state index contributed by atoms with van der Waals surface area (Å²) in [6.07, 6.45) is 4.25. The molecule has 0 aromatic rings. The summed E-state index contributed by atoms with van der Waals surface area (Å²) in [7, 11) is 0. The van der Waals surface area contributed by atoms with Gasteiger partial charge in [-0.25, -0.2) is 0 Å². The molecule has 0 aromatic heterocycles. The molecule has 0 radical (unpaired) electrons. The highest BCUT2D eigenvalue weighted by molar-refractivity contribution is 5.76. The fraction of sp³-hybridized carbons (Fsp3) is 0.917. The number of nitrogens with two attached hydrogens (primary N) is 1. The van der Waals surface area contributed by atoms with Gasteiger partial charge >= 0.3 is 0 Å². The molecule has 1 amide bonds. The lowest BCUT2D eigenvalue weighted by Crippen LogP contribution is -2.39. The Hall–Kier alpha value is -0.610. The van der Waals surface area contributed by atoms with Gasteiger partial charge in [-0.2, -0.15) is 0 Å². The van der Waals surface area contributed by atoms with Crippen LogP contribution in [-0.4, -0.2) is 31.1 Å². The standard InChI is InChI=1S/C12H25N3O/c1-9(2)15-12(16)6-7-14-11-5-3-4-10(11)8-13/h9-11,14H,3-8,13H2,1-2H3,(H,15,16). The van der Waals surface area contributed by atoms with Gasteiger partial charge in [0.1, 0.15) is 0 Å². The Morgan fingerprint density at radius 2 is 2.19 bits per heavy atom. The van der Waals surface area contributed by atoms with Gasteiger partial charge in [-0.05, 0) is 39.2 Å². The molecular formula is C12H25N3O. The molecular weight excluding hydrogens is 202 g/mol. The fourth-order valence-corrected chi connectivity index (χ4v) is 2.35. The van der Waals surface area contributed by atoms with Crippen LogP contribution < -0.4 is 16.4 Å². The molecule has 0 aliphatic heterocycles. The van der Waals surface area contributed by atoms with E-state index < -0.39 is 0 Å². The Labute approximate surface area is 98.3 Å². The summed E-state index contributed by atoms with van der Waals surface area (Å²) in [5.74, 6) is 0.734. The van der Waals surface area contributed by atoms with Gasteiger partial charge in [0.25, 0.3) is 0 Å². The number of hydrogen-bond acceptors (Lipinski definition) is 3. The molecule has 0 saturated heterocycles. The first-order valence-corrected chi connectivity index (χ1v) is 6.36. The number of nitrogens with one attached hydrogen (secondary N) is 2. The van der Waals surface area contributed by atoms with Gasteiger partial charge in [0.2, 0.25) is 5.91 Å². The van der Waals surface area contributed by atoms with Gasteiger partial charge in [0.05, 0.1) is 0 Å². The third-order valence-corrected chi connectivity index (χ3v) is 3.17. The molecule has 1 saturated carbocycles. The van der Waals surface area contributed by atoms with Crippen LogP contribution in [0.15, 0.2) is 0 Å². The van der Waals surface area contributed by atoms with Crippen LogP contribution >= 0.6 is 0 Å². The molecule has 1 aliphatic rings. The second-order valence-electron chi connectivity index (χ2n) is 4.96. The van der Waals surface area contributed by atoms with Crippen LogP contribution in [-0.2, 0) is 4.79 Å². The average Bonchev–Trinajstić information content (AvgIpc) is 2.64. The topological polar surface area (TPSA) is 67.2 Å². The minimum Gasteiger partial charge on any atom is -0.354 e. The maximum absolute atomic E-state index is 11.4. The molecule has 4 nitrogen and oxygen atoms in total. The molecule has 4 N–H and O–H groups in total. The third-order valence-electron chi connectivity index (χ3n) is 3.17. The summed E-state index contributed by atoms with van der Waals surface area (Å²) in [5, 5.41) is 6.34. The smallest absolute Gasteiger partial charge is 0.221 e. The molecule has 0 spiro atoms. The lowest BCUT2D eigenvalue weighted by molar-refractivity contribution is -0.121. The third kappa shape index (κ3) is 4.49. The Bertz CT molecular complexity index is 218. The highest BCUT2D eigenvalue weighted by Crippen LogP contribution is 2.24. The SMILES string of the molecule is CC(C)NC(=O)CCNC1CCCC1CN. The van der Waals surface area contributed by atoms with Crippen molar-refractivity contribution >= 4 is 5.91 Å². The van der Waals surface area contributed by atoms with E-state index in [2.05, 4.69) is 10.6 Å². The number of hydrogen-bond donors (Lipinski definition) is 3. The van der Waals surface area contributed by atoms with E-state index in [-0.39, 0.29) is 11.9 Å². The van der Waals surface area contributed by atoms with E-state index in [1.165, 1.54) is 19.3 Å². The minimum atomic E-state index is 0.129. The van der Waals surface area contributed by atoms with E-state index in [1.807, 2.05) is 13.8 Å². The highest BCUT2D eigenvalue weighted by Gasteiger charge is 2.25. The van der Waals surface area contributed by atoms with Crippen LogP contribution in [0.3, 0.4) is 0 Å². The number of rotatable bonds is 6. The van der Waals surface area contributed by atoms with Gasteiger partial charge in [-0.1, -0.05) is 6.42 Å². The zero-order valence-electron chi connectivity index (χ0n) is 10.5. The van der Waals surface area contributed by atoms with Gasteiger partial charge in [0.15, 0.2) is 0 Å². The highest BCUT2D eigenvalue weighted by atomic mass is 16.1. The Morgan fingerprint density at radius 1 is 1.44 bits per heavy atom. The average molecular weight is 227 g/mol. The molecule has 2 unspecified atom stereocenters. The van der Waals surface area contributed by atoms with Gasteiger partial charge in [-0.15, -0.1) is 0 Å². The zero-order chi connectivity index (χ0) is 12.0. The van der Waals surface area contributed by atoms with E-state index >= 15 is 0 Å². The lowest BCUT2D eigenvalue weighted by atomic mass is 10.0. The van der Waals surface area contributed by atoms with Crippen LogP contribution in [0.5, 0.6) is 0 Å². The van der Waals surface area contributed by atoms with Crippen LogP contribution in [0.1, 0.15) is 39.5 Å². The summed E-state index contributed by atoms with van der Waals surface area (Å²) in [6.45, 7) is 5.48. The molecule has 1 fully saturated rings. The number of carbonyl (C=O) groups excluding carboxylic acids is 1. The monoisotopic (exact) mass is 227 g/mol. The van der Waals surface area contributed by atoms with E-state index in [1.54, 1.807) is 0 Å². The van der Waals surface area contributed by atoms with Gasteiger partial charge in [-0.3, -0.25) is 4.79 Å². The molecule has 1 rings (SSSR count). The normalized spacial score (nSPS) is 25.0. The van der Waals surface area contributed by atoms with Crippen LogP contribution in [0, 0.1) is 5.92 Å². The maximum atomic E-state index is 11.4. The molecule has 16 heavy (non-hydrogen) atoms. The van der Waals surface area contributed by atoms with Crippen molar-refractivity contribution in [3.05, 3.63) is 0 Å². The van der Waals surface area contributed by atoms with Crippen molar-refractivity contribution in [1.82, 2.24) is 10.6 Å². The van der Waals surface area contributed by atoms with Crippen molar-refractivity contribution in [3.8, 4) is 0 Å². The minimum absolute atomic E-state index is 0.129. The first kappa shape index (κ1) is 13.5. The van der Waals surface area contributed by atoms with Crippen molar-refractivity contribution in [2.24, 2.45) is 11.7 Å². The van der Waals surface area contributed by atoms with E-state index in [4.69, 9.17) is 5.73 Å². The first-order chi connectivity index (χ1) is 7.63. The van der Waals surface area contributed by atoms with Crippen molar-refractivity contribution < 1.29 is 4.79 Å². The summed E-state index contributed by atoms with van der Waals surface area (Å²) < 4.78 is 0. The van der Waals surface area contributed by atoms with Crippen molar-refractivity contribution in [1.29, 1.82) is 0 Å². The second kappa shape index (κ2) is 6.86. The van der Waals surface area contributed by atoms with Crippen LogP contribution in [0.25, 0.3) is 0 Å². The quantitative estimate of drug-likeness (QED) is 0.623. The van der Waals surface area contributed by atoms with Crippen molar-refractivity contribution in [2.75, 3.05) is 13.1 Å². The predicted octanol–water partition coefficient (Wildman–Crippen LogP) is 0.618. The Morgan fingerprint density at radius 3 is 2.81 bits per heavy atom. The van der Waals surface area contributed by atoms with Crippen molar-refractivity contribution in [2.45, 2.75) is 51.6 Å². The van der Waals surface area contributed by atoms with Crippen LogP contribution in [0.4, 0.5) is 0 Å². The van der Waals surface area contributed by atoms with E-state index in [0.717, 1.165) is 13.1 Å². The summed E-state index contributed by atoms with van der Waals surface area (Å²) in [4.78, 5) is 11.4. The Kier molecular flexibility index (Phi) is 5.77. The summed E-state index contributed by atoms with van der Waals surface area (Å²) in [5.41, 5.74) is 5.70. The number of amides is 1. The molecule has 2 atom stereocenters.